The summed E-state index contributed by atoms with van der Waals surface area (Å²) in [6.45, 7) is 10.6. The SMILES string of the molecule is CN=C(NCC(C)CN1CCOCC1)N1CCN(C(C)C(F)(F)F)CC1. The molecule has 0 aromatic carbocycles. The number of hydrogen-bond donors (Lipinski definition) is 1. The van der Waals surface area contributed by atoms with Crippen molar-refractivity contribution in [2.45, 2.75) is 26.1 Å². The van der Waals surface area contributed by atoms with E-state index in [1.54, 1.807) is 7.05 Å². The first-order valence-electron chi connectivity index (χ1n) is 9.37. The third-order valence-electron chi connectivity index (χ3n) is 5.13. The average Bonchev–Trinajstić information content (AvgIpc) is 2.62. The van der Waals surface area contributed by atoms with Gasteiger partial charge in [0, 0.05) is 59.4 Å². The second-order valence-corrected chi connectivity index (χ2v) is 7.19. The molecular weight excluding hydrogens is 347 g/mol. The van der Waals surface area contributed by atoms with E-state index >= 15 is 0 Å². The molecule has 0 aliphatic carbocycles. The summed E-state index contributed by atoms with van der Waals surface area (Å²) in [7, 11) is 1.72. The number of rotatable bonds is 5. The number of nitrogens with one attached hydrogen (secondary N) is 1. The number of nitrogens with zero attached hydrogens (tertiary/aromatic N) is 4. The number of hydrogen-bond acceptors (Lipinski definition) is 4. The maximum absolute atomic E-state index is 12.9. The Balaban J connectivity index is 1.73. The fraction of sp³-hybridized carbons (Fsp3) is 0.941. The zero-order valence-electron chi connectivity index (χ0n) is 16.1. The van der Waals surface area contributed by atoms with Gasteiger partial charge in [-0.15, -0.1) is 0 Å². The largest absolute Gasteiger partial charge is 0.403 e. The van der Waals surface area contributed by atoms with Crippen LogP contribution in [0.1, 0.15) is 13.8 Å². The maximum Gasteiger partial charge on any atom is 0.403 e. The molecule has 2 atom stereocenters. The van der Waals surface area contributed by atoms with Gasteiger partial charge in [0.15, 0.2) is 5.96 Å². The summed E-state index contributed by atoms with van der Waals surface area (Å²) >= 11 is 0. The highest BCUT2D eigenvalue weighted by Gasteiger charge is 2.41. The molecule has 6 nitrogen and oxygen atoms in total. The van der Waals surface area contributed by atoms with Crippen LogP contribution in [-0.2, 0) is 4.74 Å². The number of alkyl halides is 3. The number of morpholine rings is 1. The molecule has 0 saturated carbocycles. The first kappa shape index (κ1) is 21.2. The van der Waals surface area contributed by atoms with Gasteiger partial charge in [-0.1, -0.05) is 6.92 Å². The normalized spacial score (nSPS) is 23.8. The second-order valence-electron chi connectivity index (χ2n) is 7.19. The van der Waals surface area contributed by atoms with Gasteiger partial charge < -0.3 is 15.0 Å². The molecule has 2 heterocycles. The van der Waals surface area contributed by atoms with Crippen LogP contribution in [0.15, 0.2) is 4.99 Å². The van der Waals surface area contributed by atoms with E-state index in [2.05, 4.69) is 22.1 Å². The highest BCUT2D eigenvalue weighted by Crippen LogP contribution is 2.25. The van der Waals surface area contributed by atoms with E-state index < -0.39 is 12.2 Å². The van der Waals surface area contributed by atoms with E-state index in [9.17, 15) is 13.2 Å². The van der Waals surface area contributed by atoms with Gasteiger partial charge in [0.2, 0.25) is 0 Å². The summed E-state index contributed by atoms with van der Waals surface area (Å²) in [6.07, 6.45) is -4.17. The molecule has 152 valence electrons. The third-order valence-corrected chi connectivity index (χ3v) is 5.13. The zero-order chi connectivity index (χ0) is 19.2. The molecule has 9 heteroatoms. The van der Waals surface area contributed by atoms with Crippen molar-refractivity contribution in [2.75, 3.05) is 72.6 Å². The van der Waals surface area contributed by atoms with E-state index in [0.717, 1.165) is 45.4 Å². The summed E-state index contributed by atoms with van der Waals surface area (Å²) in [6, 6.07) is -1.40. The smallest absolute Gasteiger partial charge is 0.379 e. The van der Waals surface area contributed by atoms with Crippen molar-refractivity contribution in [1.29, 1.82) is 0 Å². The predicted molar refractivity (Wildman–Crippen MR) is 96.4 cm³/mol. The molecule has 2 aliphatic heterocycles. The van der Waals surface area contributed by atoms with Gasteiger partial charge in [-0.3, -0.25) is 14.8 Å². The summed E-state index contributed by atoms with van der Waals surface area (Å²) in [5.74, 6) is 1.23. The molecule has 0 bridgehead atoms. The van der Waals surface area contributed by atoms with Crippen molar-refractivity contribution in [3.05, 3.63) is 0 Å². The Morgan fingerprint density at radius 2 is 1.69 bits per heavy atom. The van der Waals surface area contributed by atoms with E-state index in [1.807, 2.05) is 4.90 Å². The molecule has 0 aromatic rings. The van der Waals surface area contributed by atoms with Gasteiger partial charge >= 0.3 is 6.18 Å². The van der Waals surface area contributed by atoms with E-state index in [-0.39, 0.29) is 0 Å². The second kappa shape index (κ2) is 9.75. The fourth-order valence-corrected chi connectivity index (χ4v) is 3.41. The van der Waals surface area contributed by atoms with Crippen molar-refractivity contribution >= 4 is 5.96 Å². The molecule has 2 unspecified atom stereocenters. The van der Waals surface area contributed by atoms with Gasteiger partial charge in [-0.05, 0) is 12.8 Å². The third kappa shape index (κ3) is 6.28. The van der Waals surface area contributed by atoms with Gasteiger partial charge in [-0.2, -0.15) is 13.2 Å². The van der Waals surface area contributed by atoms with E-state index in [1.165, 1.54) is 11.8 Å². The Labute approximate surface area is 154 Å². The number of guanidine groups is 1. The molecule has 0 spiro atoms. The summed E-state index contributed by atoms with van der Waals surface area (Å²) in [5.41, 5.74) is 0. The van der Waals surface area contributed by atoms with E-state index in [4.69, 9.17) is 4.74 Å². The van der Waals surface area contributed by atoms with Crippen LogP contribution in [0.25, 0.3) is 0 Å². The predicted octanol–water partition coefficient (Wildman–Crippen LogP) is 1.10. The first-order valence-corrected chi connectivity index (χ1v) is 9.37. The van der Waals surface area contributed by atoms with Crippen LogP contribution < -0.4 is 5.32 Å². The lowest BCUT2D eigenvalue weighted by Crippen LogP contribution is -2.57. The molecule has 0 amide bonds. The minimum atomic E-state index is -4.17. The first-order chi connectivity index (χ1) is 12.3. The summed E-state index contributed by atoms with van der Waals surface area (Å²) in [5, 5.41) is 3.38. The zero-order valence-corrected chi connectivity index (χ0v) is 16.1. The van der Waals surface area contributed by atoms with Crippen LogP contribution in [0.5, 0.6) is 0 Å². The molecule has 2 aliphatic rings. The molecule has 1 N–H and O–H groups in total. The lowest BCUT2D eigenvalue weighted by atomic mass is 10.1. The van der Waals surface area contributed by atoms with E-state index in [0.29, 0.717) is 32.1 Å². The summed E-state index contributed by atoms with van der Waals surface area (Å²) in [4.78, 5) is 10.2. The van der Waals surface area contributed by atoms with Gasteiger partial charge in [0.1, 0.15) is 6.04 Å². The topological polar surface area (TPSA) is 43.3 Å². The number of halogens is 3. The average molecular weight is 379 g/mol. The minimum Gasteiger partial charge on any atom is -0.379 e. The Morgan fingerprint density at radius 3 is 2.23 bits per heavy atom. The van der Waals surface area contributed by atoms with Crippen molar-refractivity contribution in [3.63, 3.8) is 0 Å². The maximum atomic E-state index is 12.9. The number of aliphatic imine (C=N–C) groups is 1. The lowest BCUT2D eigenvalue weighted by molar-refractivity contribution is -0.181. The highest BCUT2D eigenvalue weighted by atomic mass is 19.4. The van der Waals surface area contributed by atoms with Crippen LogP contribution >= 0.6 is 0 Å². The Morgan fingerprint density at radius 1 is 1.08 bits per heavy atom. The molecule has 2 rings (SSSR count). The Kier molecular flexibility index (Phi) is 7.97. The molecule has 26 heavy (non-hydrogen) atoms. The Bertz CT molecular complexity index is 446. The van der Waals surface area contributed by atoms with Gasteiger partial charge in [0.25, 0.3) is 0 Å². The van der Waals surface area contributed by atoms with Crippen LogP contribution in [0, 0.1) is 5.92 Å². The van der Waals surface area contributed by atoms with Crippen LogP contribution in [0.3, 0.4) is 0 Å². The number of ether oxygens (including phenoxy) is 1. The van der Waals surface area contributed by atoms with Gasteiger partial charge in [0.05, 0.1) is 13.2 Å². The van der Waals surface area contributed by atoms with Crippen LogP contribution in [0.4, 0.5) is 13.2 Å². The van der Waals surface area contributed by atoms with Crippen molar-refractivity contribution in [2.24, 2.45) is 10.9 Å². The van der Waals surface area contributed by atoms with Crippen molar-refractivity contribution in [3.8, 4) is 0 Å². The Hall–Kier alpha value is -1.06. The lowest BCUT2D eigenvalue weighted by Gasteiger charge is -2.40. The molecule has 2 saturated heterocycles. The van der Waals surface area contributed by atoms with Crippen LogP contribution in [0.2, 0.25) is 0 Å². The monoisotopic (exact) mass is 379 g/mol. The van der Waals surface area contributed by atoms with Crippen molar-refractivity contribution in [1.82, 2.24) is 20.0 Å². The quantitative estimate of drug-likeness (QED) is 0.572. The minimum absolute atomic E-state index is 0.394. The summed E-state index contributed by atoms with van der Waals surface area (Å²) < 4.78 is 43.9. The van der Waals surface area contributed by atoms with Crippen LogP contribution in [-0.4, -0.2) is 105 Å². The highest BCUT2D eigenvalue weighted by molar-refractivity contribution is 5.80. The molecule has 0 radical (unpaired) electrons. The molecule has 0 aromatic heterocycles. The van der Waals surface area contributed by atoms with Gasteiger partial charge in [-0.25, -0.2) is 0 Å². The molecular formula is C17H32F3N5O. The number of piperazine rings is 1. The molecule has 2 fully saturated rings. The standard InChI is InChI=1S/C17H32F3N5O/c1-14(13-23-8-10-26-11-9-23)12-22-16(21-3)25-6-4-24(5-7-25)15(2)17(18,19)20/h14-15H,4-13H2,1-3H3,(H,21,22). The van der Waals surface area contributed by atoms with Crippen molar-refractivity contribution < 1.29 is 17.9 Å². The fourth-order valence-electron chi connectivity index (χ4n) is 3.41.